The van der Waals surface area contributed by atoms with E-state index in [2.05, 4.69) is 10.3 Å². The van der Waals surface area contributed by atoms with E-state index in [9.17, 15) is 9.90 Å². The average Bonchev–Trinajstić information content (AvgIpc) is 2.70. The first-order chi connectivity index (χ1) is 7.51. The Kier molecular flexibility index (Phi) is 4.12. The van der Waals surface area contributed by atoms with Gasteiger partial charge in [-0.1, -0.05) is 13.8 Å². The molecule has 0 saturated carbocycles. The third kappa shape index (κ3) is 2.85. The number of nitrogens with zero attached hydrogens (tertiary/aromatic N) is 4. The smallest absolute Gasteiger partial charge is 0.285 e. The number of aromatic nitrogens is 4. The molecule has 1 heterocycles. The third-order valence-electron chi connectivity index (χ3n) is 2.94. The minimum atomic E-state index is -0.630. The molecule has 0 aliphatic rings. The zero-order valence-electron chi connectivity index (χ0n) is 10.1. The summed E-state index contributed by atoms with van der Waals surface area (Å²) >= 11 is 0. The van der Waals surface area contributed by atoms with Crippen molar-refractivity contribution in [2.75, 3.05) is 6.61 Å². The van der Waals surface area contributed by atoms with Gasteiger partial charge in [-0.3, -0.25) is 4.79 Å². The van der Waals surface area contributed by atoms with E-state index >= 15 is 0 Å². The van der Waals surface area contributed by atoms with Crippen LogP contribution in [-0.4, -0.2) is 32.6 Å². The maximum atomic E-state index is 11.9. The molecule has 0 aromatic carbocycles. The van der Waals surface area contributed by atoms with E-state index in [1.165, 1.54) is 4.80 Å². The maximum absolute atomic E-state index is 11.9. The quantitative estimate of drug-likeness (QED) is 0.663. The third-order valence-corrected chi connectivity index (χ3v) is 2.94. The number of aryl methyl sites for hydroxylation is 2. The fourth-order valence-electron chi connectivity index (χ4n) is 1.35. The van der Waals surface area contributed by atoms with Gasteiger partial charge in [-0.15, -0.1) is 4.68 Å². The lowest BCUT2D eigenvalue weighted by atomic mass is 9.82. The summed E-state index contributed by atoms with van der Waals surface area (Å²) in [5.41, 5.74) is -0.630. The van der Waals surface area contributed by atoms with Gasteiger partial charge < -0.3 is 5.11 Å². The molecule has 1 atom stereocenters. The molecule has 0 fully saturated rings. The lowest BCUT2D eigenvalue weighted by Gasteiger charge is -2.22. The molecule has 1 rings (SSSR count). The van der Waals surface area contributed by atoms with Gasteiger partial charge in [0.1, 0.15) is 12.3 Å². The van der Waals surface area contributed by atoms with Gasteiger partial charge in [0.2, 0.25) is 0 Å². The van der Waals surface area contributed by atoms with Gasteiger partial charge >= 0.3 is 0 Å². The van der Waals surface area contributed by atoms with Crippen LogP contribution >= 0.6 is 0 Å². The van der Waals surface area contributed by atoms with Crippen LogP contribution in [0.3, 0.4) is 0 Å². The highest BCUT2D eigenvalue weighted by Crippen LogP contribution is 2.23. The minimum absolute atomic E-state index is 0.0532. The number of Topliss-reactive ketones (excluding diaryl/α,β-unsaturated/α-hetero) is 1. The molecule has 1 aromatic rings. The number of ketones is 1. The highest BCUT2D eigenvalue weighted by Gasteiger charge is 2.30. The van der Waals surface area contributed by atoms with Crippen LogP contribution in [0.25, 0.3) is 0 Å². The number of tetrazole rings is 1. The summed E-state index contributed by atoms with van der Waals surface area (Å²) in [6, 6.07) is 0. The van der Waals surface area contributed by atoms with Crippen LogP contribution in [-0.2, 0) is 18.4 Å². The molecule has 6 nitrogen and oxygen atoms in total. The van der Waals surface area contributed by atoms with E-state index in [1.54, 1.807) is 25.0 Å². The van der Waals surface area contributed by atoms with Gasteiger partial charge in [-0.2, -0.15) is 0 Å². The lowest BCUT2D eigenvalue weighted by molar-refractivity contribution is -0.733. The molecule has 0 aliphatic heterocycles. The van der Waals surface area contributed by atoms with E-state index in [4.69, 9.17) is 0 Å². The van der Waals surface area contributed by atoms with E-state index in [0.717, 1.165) is 0 Å². The average molecular weight is 227 g/mol. The summed E-state index contributed by atoms with van der Waals surface area (Å²) < 4.78 is 1.58. The van der Waals surface area contributed by atoms with E-state index in [-0.39, 0.29) is 12.4 Å². The number of aliphatic hydroxyl groups excluding tert-OH is 1. The Bertz CT molecular complexity index is 357. The molecule has 6 heteroatoms. The molecule has 0 radical (unpaired) electrons. The lowest BCUT2D eigenvalue weighted by Crippen LogP contribution is -2.33. The van der Waals surface area contributed by atoms with Crippen LogP contribution in [0.1, 0.15) is 26.7 Å². The summed E-state index contributed by atoms with van der Waals surface area (Å²) in [7, 11) is 1.77. The fourth-order valence-corrected chi connectivity index (χ4v) is 1.35. The summed E-state index contributed by atoms with van der Waals surface area (Å²) in [5.74, 6) is 0.0532. The van der Waals surface area contributed by atoms with E-state index < -0.39 is 5.41 Å². The SMILES string of the molecule is CCC(C)(CO)C(=O)CCn1nc[n+](C)n1. The molecule has 1 N–H and O–H groups in total. The molecule has 0 spiro atoms. The van der Waals surface area contributed by atoms with Crippen LogP contribution < -0.4 is 4.68 Å². The Morgan fingerprint density at radius 3 is 2.75 bits per heavy atom. The van der Waals surface area contributed by atoms with E-state index in [1.807, 2.05) is 6.92 Å². The molecule has 90 valence electrons. The first-order valence-corrected chi connectivity index (χ1v) is 5.42. The molecular formula is C10H19N4O2+. The molecular weight excluding hydrogens is 208 g/mol. The van der Waals surface area contributed by atoms with Gasteiger partial charge in [0.05, 0.1) is 24.0 Å². The second-order valence-corrected chi connectivity index (χ2v) is 4.24. The monoisotopic (exact) mass is 227 g/mol. The van der Waals surface area contributed by atoms with Crippen molar-refractivity contribution in [3.8, 4) is 0 Å². The van der Waals surface area contributed by atoms with Crippen LogP contribution in [0, 0.1) is 5.41 Å². The van der Waals surface area contributed by atoms with E-state index in [0.29, 0.717) is 19.4 Å². The van der Waals surface area contributed by atoms with Gasteiger partial charge in [0.15, 0.2) is 0 Å². The Morgan fingerprint density at radius 1 is 1.62 bits per heavy atom. The molecule has 0 bridgehead atoms. The number of carbonyl (C=O) groups is 1. The summed E-state index contributed by atoms with van der Waals surface area (Å²) in [6.07, 6.45) is 2.57. The predicted molar refractivity (Wildman–Crippen MR) is 56.3 cm³/mol. The normalized spacial score (nSPS) is 14.8. The van der Waals surface area contributed by atoms with Crippen molar-refractivity contribution >= 4 is 5.78 Å². The van der Waals surface area contributed by atoms with Gasteiger partial charge in [0, 0.05) is 11.8 Å². The van der Waals surface area contributed by atoms with Crippen LogP contribution in [0.2, 0.25) is 0 Å². The van der Waals surface area contributed by atoms with Crippen molar-refractivity contribution in [2.45, 2.75) is 33.2 Å². The van der Waals surface area contributed by atoms with Crippen molar-refractivity contribution in [1.82, 2.24) is 15.1 Å². The van der Waals surface area contributed by atoms with Crippen molar-refractivity contribution < 1.29 is 14.6 Å². The Morgan fingerprint density at radius 2 is 2.31 bits per heavy atom. The topological polar surface area (TPSA) is 71.9 Å². The van der Waals surface area contributed by atoms with Gasteiger partial charge in [-0.05, 0) is 11.2 Å². The predicted octanol–water partition coefficient (Wildman–Crippen LogP) is -0.530. The second kappa shape index (κ2) is 5.16. The van der Waals surface area contributed by atoms with Crippen molar-refractivity contribution in [3.63, 3.8) is 0 Å². The first kappa shape index (κ1) is 12.8. The largest absolute Gasteiger partial charge is 0.395 e. The first-order valence-electron chi connectivity index (χ1n) is 5.42. The second-order valence-electron chi connectivity index (χ2n) is 4.24. The minimum Gasteiger partial charge on any atom is -0.395 e. The van der Waals surface area contributed by atoms with Crippen molar-refractivity contribution in [3.05, 3.63) is 6.33 Å². The Hall–Kier alpha value is -1.30. The van der Waals surface area contributed by atoms with Crippen LogP contribution in [0.5, 0.6) is 0 Å². The molecule has 16 heavy (non-hydrogen) atoms. The molecule has 1 aromatic heterocycles. The zero-order chi connectivity index (χ0) is 12.2. The zero-order valence-corrected chi connectivity index (χ0v) is 10.1. The molecule has 0 aliphatic carbocycles. The van der Waals surface area contributed by atoms with Gasteiger partial charge in [-0.25, -0.2) is 0 Å². The highest BCUT2D eigenvalue weighted by molar-refractivity contribution is 5.84. The Balaban J connectivity index is 2.52. The number of rotatable bonds is 6. The number of aliphatic hydroxyl groups is 1. The van der Waals surface area contributed by atoms with Crippen molar-refractivity contribution in [2.24, 2.45) is 12.5 Å². The van der Waals surface area contributed by atoms with Crippen LogP contribution in [0.4, 0.5) is 0 Å². The summed E-state index contributed by atoms with van der Waals surface area (Å²) in [5, 5.41) is 17.2. The molecule has 0 saturated heterocycles. The van der Waals surface area contributed by atoms with Gasteiger partial charge in [0.25, 0.3) is 6.33 Å². The summed E-state index contributed by atoms with van der Waals surface area (Å²) in [6.45, 7) is 4.03. The standard InChI is InChI=1S/C10H19N4O2/c1-4-10(2,7-15)9(16)5-6-14-11-8-13(3)12-14/h8,15H,4-7H2,1-3H3/q+1. The number of hydrogen-bond acceptors (Lipinski definition) is 4. The molecule has 1 unspecified atom stereocenters. The Labute approximate surface area is 94.9 Å². The highest BCUT2D eigenvalue weighted by atomic mass is 16.3. The fraction of sp³-hybridized carbons (Fsp3) is 0.800. The maximum Gasteiger partial charge on any atom is 0.285 e. The molecule has 0 amide bonds. The number of hydrogen-bond donors (Lipinski definition) is 1. The van der Waals surface area contributed by atoms with Crippen molar-refractivity contribution in [1.29, 1.82) is 0 Å². The summed E-state index contributed by atoms with van der Waals surface area (Å²) in [4.78, 5) is 13.3. The number of carbonyl (C=O) groups excluding carboxylic acids is 1. The van der Waals surface area contributed by atoms with Crippen LogP contribution in [0.15, 0.2) is 6.33 Å².